The largest absolute Gasteiger partial charge is 0.462 e. The molecule has 0 saturated carbocycles. The van der Waals surface area contributed by atoms with Crippen LogP contribution < -0.4 is 9.80 Å². The van der Waals surface area contributed by atoms with Crippen molar-refractivity contribution in [3.05, 3.63) is 66.4 Å². The second kappa shape index (κ2) is 9.10. The van der Waals surface area contributed by atoms with Gasteiger partial charge in [0.05, 0.1) is 12.2 Å². The lowest BCUT2D eigenvalue weighted by Crippen LogP contribution is -2.46. The Morgan fingerprint density at radius 2 is 1.68 bits per heavy atom. The fourth-order valence-electron chi connectivity index (χ4n) is 3.89. The zero-order valence-corrected chi connectivity index (χ0v) is 19.7. The summed E-state index contributed by atoms with van der Waals surface area (Å²) in [6, 6.07) is 19.3. The summed E-state index contributed by atoms with van der Waals surface area (Å²) in [6.45, 7) is 11.1. The molecule has 0 spiro atoms. The molecule has 2 aromatic carbocycles. The van der Waals surface area contributed by atoms with Crippen molar-refractivity contribution in [1.29, 1.82) is 0 Å². The maximum absolute atomic E-state index is 12.5. The van der Waals surface area contributed by atoms with Crippen molar-refractivity contribution in [2.45, 2.75) is 25.7 Å². The van der Waals surface area contributed by atoms with Gasteiger partial charge in [0.15, 0.2) is 0 Å². The molecule has 0 aliphatic carbocycles. The number of nitrogens with zero attached hydrogens (tertiary/aromatic N) is 3. The van der Waals surface area contributed by atoms with Crippen LogP contribution in [0, 0.1) is 0 Å². The van der Waals surface area contributed by atoms with E-state index in [1.807, 2.05) is 30.5 Å². The smallest absolute Gasteiger partial charge is 0.338 e. The van der Waals surface area contributed by atoms with Crippen molar-refractivity contribution >= 4 is 36.3 Å². The summed E-state index contributed by atoms with van der Waals surface area (Å²) in [5, 5.41) is 2.10. The Hall–Kier alpha value is -2.86. The van der Waals surface area contributed by atoms with E-state index in [-0.39, 0.29) is 5.97 Å². The van der Waals surface area contributed by atoms with Crippen LogP contribution in [0.5, 0.6) is 0 Å². The van der Waals surface area contributed by atoms with Gasteiger partial charge in [-0.3, -0.25) is 0 Å². The van der Waals surface area contributed by atoms with E-state index in [0.717, 1.165) is 48.8 Å². The molecule has 0 atom stereocenters. The monoisotopic (exact) mass is 433 g/mol. The van der Waals surface area contributed by atoms with Crippen molar-refractivity contribution in [3.8, 4) is 0 Å². The van der Waals surface area contributed by atoms with E-state index in [9.17, 15) is 4.79 Å². The number of carbonyl (C=O) groups is 1. The van der Waals surface area contributed by atoms with Crippen LogP contribution in [-0.2, 0) is 4.74 Å². The number of pyridine rings is 1. The lowest BCUT2D eigenvalue weighted by atomic mass is 10.1. The Balaban J connectivity index is 1.46. The van der Waals surface area contributed by atoms with E-state index in [1.54, 1.807) is 0 Å². The van der Waals surface area contributed by atoms with E-state index >= 15 is 0 Å². The molecule has 1 aliphatic rings. The van der Waals surface area contributed by atoms with Crippen LogP contribution in [0.25, 0.3) is 10.8 Å². The average molecular weight is 434 g/mol. The maximum atomic E-state index is 12.5. The second-order valence-corrected chi connectivity index (χ2v) is 14.9. The molecule has 1 fully saturated rings. The number of anilines is 2. The highest BCUT2D eigenvalue weighted by Crippen LogP contribution is 2.27. The van der Waals surface area contributed by atoms with Crippen LogP contribution in [0.15, 0.2) is 60.8 Å². The number of benzene rings is 2. The average Bonchev–Trinajstić information content (AvgIpc) is 2.78. The molecular weight excluding hydrogens is 402 g/mol. The first-order chi connectivity index (χ1) is 14.9. The number of carbonyl (C=O) groups excluding carboxylic acids is 1. The standard InChI is InChI=1S/C25H31N3O2Si/c1-31(2,3)18-17-30-25(29)21-9-10-23-20(19-21)11-12-26-24(23)28-15-13-27(14-16-28)22-7-5-4-6-8-22/h4-12,19H,13-18H2,1-3H3. The Morgan fingerprint density at radius 1 is 0.968 bits per heavy atom. The molecular formula is C25H31N3O2Si. The molecule has 2 heterocycles. The summed E-state index contributed by atoms with van der Waals surface area (Å²) in [5.41, 5.74) is 1.87. The highest BCUT2D eigenvalue weighted by atomic mass is 28.3. The topological polar surface area (TPSA) is 45.7 Å². The zero-order valence-electron chi connectivity index (χ0n) is 18.7. The normalized spacial score (nSPS) is 14.7. The van der Waals surface area contributed by atoms with E-state index in [2.05, 4.69) is 64.8 Å². The first-order valence-electron chi connectivity index (χ1n) is 11.0. The Morgan fingerprint density at radius 3 is 2.39 bits per heavy atom. The van der Waals surface area contributed by atoms with Crippen molar-refractivity contribution in [1.82, 2.24) is 4.98 Å². The third kappa shape index (κ3) is 5.25. The van der Waals surface area contributed by atoms with Gasteiger partial charge in [-0.05, 0) is 47.8 Å². The zero-order chi connectivity index (χ0) is 21.8. The van der Waals surface area contributed by atoms with E-state index < -0.39 is 8.07 Å². The predicted octanol–water partition coefficient (Wildman–Crippen LogP) is 5.06. The Labute approximate surface area is 185 Å². The van der Waals surface area contributed by atoms with Gasteiger partial charge in [0, 0.05) is 51.5 Å². The van der Waals surface area contributed by atoms with E-state index in [0.29, 0.717) is 12.2 Å². The van der Waals surface area contributed by atoms with Crippen LogP contribution in [-0.4, -0.2) is 51.8 Å². The molecule has 4 rings (SSSR count). The lowest BCUT2D eigenvalue weighted by molar-refractivity contribution is 0.0525. The number of esters is 1. The summed E-state index contributed by atoms with van der Waals surface area (Å²) in [6.07, 6.45) is 1.83. The highest BCUT2D eigenvalue weighted by Gasteiger charge is 2.20. The molecule has 0 unspecified atom stereocenters. The van der Waals surface area contributed by atoms with Crippen LogP contribution in [0.2, 0.25) is 25.7 Å². The summed E-state index contributed by atoms with van der Waals surface area (Å²) in [7, 11) is -1.22. The van der Waals surface area contributed by atoms with E-state index in [4.69, 9.17) is 4.74 Å². The molecule has 1 aromatic heterocycles. The number of rotatable bonds is 6. The van der Waals surface area contributed by atoms with Crippen LogP contribution in [0.3, 0.4) is 0 Å². The molecule has 0 N–H and O–H groups in total. The van der Waals surface area contributed by atoms with Crippen LogP contribution >= 0.6 is 0 Å². The Bertz CT molecular complexity index is 1040. The Kier molecular flexibility index (Phi) is 6.27. The van der Waals surface area contributed by atoms with Gasteiger partial charge in [0.1, 0.15) is 5.82 Å². The number of piperazine rings is 1. The summed E-state index contributed by atoms with van der Waals surface area (Å²) in [4.78, 5) is 21.9. The number of fused-ring (bicyclic) bond motifs is 1. The SMILES string of the molecule is C[Si](C)(C)CCOC(=O)c1ccc2c(N3CCN(c4ccccc4)CC3)nccc2c1. The number of hydrogen-bond donors (Lipinski definition) is 0. The third-order valence-corrected chi connectivity index (χ3v) is 7.47. The molecule has 0 bridgehead atoms. The number of para-hydroxylation sites is 1. The van der Waals surface area contributed by atoms with Gasteiger partial charge >= 0.3 is 5.97 Å². The fraction of sp³-hybridized carbons (Fsp3) is 0.360. The van der Waals surface area contributed by atoms with Gasteiger partial charge < -0.3 is 14.5 Å². The van der Waals surface area contributed by atoms with Crippen LogP contribution in [0.1, 0.15) is 10.4 Å². The first-order valence-corrected chi connectivity index (χ1v) is 14.7. The fourth-order valence-corrected chi connectivity index (χ4v) is 4.60. The lowest BCUT2D eigenvalue weighted by Gasteiger charge is -2.37. The van der Waals surface area contributed by atoms with E-state index in [1.165, 1.54) is 5.69 Å². The van der Waals surface area contributed by atoms with Crippen molar-refractivity contribution < 1.29 is 9.53 Å². The minimum absolute atomic E-state index is 0.241. The van der Waals surface area contributed by atoms with Crippen molar-refractivity contribution in [3.63, 3.8) is 0 Å². The first kappa shape index (κ1) is 21.4. The number of ether oxygens (including phenoxy) is 1. The molecule has 6 heteroatoms. The second-order valence-electron chi connectivity index (χ2n) is 9.33. The number of hydrogen-bond acceptors (Lipinski definition) is 5. The van der Waals surface area contributed by atoms with Crippen molar-refractivity contribution in [2.24, 2.45) is 0 Å². The van der Waals surface area contributed by atoms with Gasteiger partial charge in [-0.2, -0.15) is 0 Å². The number of aromatic nitrogens is 1. The third-order valence-electron chi connectivity index (χ3n) is 5.76. The van der Waals surface area contributed by atoms with Gasteiger partial charge in [0.2, 0.25) is 0 Å². The summed E-state index contributed by atoms with van der Waals surface area (Å²) in [5.74, 6) is 0.749. The molecule has 162 valence electrons. The summed E-state index contributed by atoms with van der Waals surface area (Å²) < 4.78 is 5.52. The molecule has 1 aliphatic heterocycles. The van der Waals surface area contributed by atoms with Gasteiger partial charge in [-0.25, -0.2) is 9.78 Å². The van der Waals surface area contributed by atoms with Crippen molar-refractivity contribution in [2.75, 3.05) is 42.6 Å². The molecule has 1 saturated heterocycles. The molecule has 5 nitrogen and oxygen atoms in total. The minimum Gasteiger partial charge on any atom is -0.462 e. The molecule has 31 heavy (non-hydrogen) atoms. The summed E-state index contributed by atoms with van der Waals surface area (Å²) >= 11 is 0. The highest BCUT2D eigenvalue weighted by molar-refractivity contribution is 6.76. The van der Waals surface area contributed by atoms with Gasteiger partial charge in [-0.1, -0.05) is 37.8 Å². The van der Waals surface area contributed by atoms with Crippen LogP contribution in [0.4, 0.5) is 11.5 Å². The molecule has 3 aromatic rings. The predicted molar refractivity (Wildman–Crippen MR) is 131 cm³/mol. The minimum atomic E-state index is -1.22. The van der Waals surface area contributed by atoms with Gasteiger partial charge in [0.25, 0.3) is 0 Å². The quantitative estimate of drug-likeness (QED) is 0.402. The molecule has 0 amide bonds. The maximum Gasteiger partial charge on any atom is 0.338 e. The molecule has 0 radical (unpaired) electrons. The van der Waals surface area contributed by atoms with Gasteiger partial charge in [-0.15, -0.1) is 0 Å².